The van der Waals surface area contributed by atoms with E-state index >= 15 is 0 Å². The van der Waals surface area contributed by atoms with Crippen LogP contribution in [0, 0.1) is 46.3 Å². The zero-order chi connectivity index (χ0) is 37.2. The Hall–Kier alpha value is -0.280. The smallest absolute Gasteiger partial charge is 0.0637 e. The van der Waals surface area contributed by atoms with E-state index in [-0.39, 0.29) is 5.41 Å². The summed E-state index contributed by atoms with van der Waals surface area (Å²) in [6.07, 6.45) is 29.1. The van der Waals surface area contributed by atoms with Crippen molar-refractivity contribution in [3.63, 3.8) is 0 Å². The molecule has 0 bridgehead atoms. The molecule has 0 amide bonds. The summed E-state index contributed by atoms with van der Waals surface area (Å²) >= 11 is 0. The first-order valence-electron chi connectivity index (χ1n) is 23.0. The van der Waals surface area contributed by atoms with Crippen LogP contribution in [0.15, 0.2) is 0 Å². The molecule has 0 saturated heterocycles. The number of hydrogen-bond acceptors (Lipinski definition) is 7. The molecule has 4 rings (SSSR count). The number of hydrogen-bond donors (Lipinski definition) is 4. The lowest BCUT2D eigenvalue weighted by atomic mass is 9.43. The molecule has 0 aliphatic heterocycles. The minimum Gasteiger partial charge on any atom is -0.378 e. The van der Waals surface area contributed by atoms with E-state index in [0.29, 0.717) is 78.9 Å². The van der Waals surface area contributed by atoms with Crippen molar-refractivity contribution in [2.24, 2.45) is 63.5 Å². The van der Waals surface area contributed by atoms with Gasteiger partial charge in [-0.25, -0.2) is 0 Å². The molecule has 4 aliphatic rings. The van der Waals surface area contributed by atoms with Crippen LogP contribution in [0.5, 0.6) is 0 Å². The molecule has 52 heavy (non-hydrogen) atoms. The highest BCUT2D eigenvalue weighted by Gasteiger charge is 2.66. The zero-order valence-corrected chi connectivity index (χ0v) is 34.9. The van der Waals surface area contributed by atoms with Gasteiger partial charge in [-0.05, 0) is 157 Å². The Balaban J connectivity index is 1.36. The fourth-order valence-corrected chi connectivity index (χ4v) is 12.2. The van der Waals surface area contributed by atoms with E-state index in [1.54, 1.807) is 0 Å². The van der Waals surface area contributed by atoms with Gasteiger partial charge in [-0.1, -0.05) is 85.5 Å². The Morgan fingerprint density at radius 2 is 1.27 bits per heavy atom. The Labute approximate surface area is 322 Å². The summed E-state index contributed by atoms with van der Waals surface area (Å²) in [6, 6.07) is 0. The minimum atomic E-state index is 0.180. The molecule has 0 heterocycles. The maximum Gasteiger partial charge on any atom is 0.0637 e. The third-order valence-corrected chi connectivity index (χ3v) is 15.2. The number of nitrogens with two attached hydrogens (primary N) is 3. The van der Waals surface area contributed by atoms with Crippen LogP contribution in [0.2, 0.25) is 0 Å². The molecule has 306 valence electrons. The molecule has 4 unspecified atom stereocenters. The van der Waals surface area contributed by atoms with Crippen molar-refractivity contribution in [3.8, 4) is 0 Å². The maximum atomic E-state index is 7.06. The number of nitrogens with one attached hydrogen (secondary N) is 1. The van der Waals surface area contributed by atoms with Crippen LogP contribution >= 0.6 is 0 Å². The Kier molecular flexibility index (Phi) is 20.3. The molecule has 4 fully saturated rings. The summed E-state index contributed by atoms with van der Waals surface area (Å²) < 4.78 is 20.4. The van der Waals surface area contributed by atoms with E-state index in [1.807, 2.05) is 0 Å². The van der Waals surface area contributed by atoms with Crippen LogP contribution in [0.3, 0.4) is 0 Å². The fourth-order valence-electron chi connectivity index (χ4n) is 12.2. The van der Waals surface area contributed by atoms with Crippen molar-refractivity contribution in [2.75, 3.05) is 52.5 Å². The highest BCUT2D eigenvalue weighted by atomic mass is 16.5. The van der Waals surface area contributed by atoms with Gasteiger partial charge in [-0.2, -0.15) is 0 Å². The molecule has 0 aromatic heterocycles. The molecular formula is C45H88N4O3. The summed E-state index contributed by atoms with van der Waals surface area (Å²) in [5, 5.41) is 3.80. The number of ether oxygens (including phenoxy) is 3. The van der Waals surface area contributed by atoms with E-state index in [2.05, 4.69) is 33.0 Å². The first-order valence-corrected chi connectivity index (χ1v) is 23.0. The molecule has 7 heteroatoms. The van der Waals surface area contributed by atoms with Gasteiger partial charge in [-0.3, -0.25) is 0 Å². The summed E-state index contributed by atoms with van der Waals surface area (Å²) in [7, 11) is 0. The predicted molar refractivity (Wildman–Crippen MR) is 219 cm³/mol. The summed E-state index contributed by atoms with van der Waals surface area (Å²) in [5.41, 5.74) is 18.3. The Bertz CT molecular complexity index is 940. The quantitative estimate of drug-likeness (QED) is 0.0594. The molecule has 0 radical (unpaired) electrons. The summed E-state index contributed by atoms with van der Waals surface area (Å²) in [5.74, 6) is 3.92. The molecular weight excluding hydrogens is 645 g/mol. The van der Waals surface area contributed by atoms with Gasteiger partial charge in [0.15, 0.2) is 0 Å². The lowest BCUT2D eigenvalue weighted by Crippen LogP contribution is -2.63. The van der Waals surface area contributed by atoms with Gasteiger partial charge in [0.2, 0.25) is 0 Å². The first-order chi connectivity index (χ1) is 25.3. The Morgan fingerprint density at radius 3 is 1.94 bits per heavy atom. The van der Waals surface area contributed by atoms with Crippen LogP contribution in [0.4, 0.5) is 0 Å². The average Bonchev–Trinajstić information content (AvgIpc) is 3.50. The van der Waals surface area contributed by atoms with E-state index in [4.69, 9.17) is 31.4 Å². The van der Waals surface area contributed by atoms with Gasteiger partial charge in [-0.15, -0.1) is 0 Å². The van der Waals surface area contributed by atoms with Crippen LogP contribution in [0.1, 0.15) is 169 Å². The topological polar surface area (TPSA) is 118 Å². The van der Waals surface area contributed by atoms with Gasteiger partial charge >= 0.3 is 0 Å². The van der Waals surface area contributed by atoms with Crippen LogP contribution < -0.4 is 22.5 Å². The van der Waals surface area contributed by atoms with Gasteiger partial charge < -0.3 is 36.7 Å². The molecule has 0 aromatic carbocycles. The normalized spacial score (nSPS) is 34.9. The third kappa shape index (κ3) is 11.9. The Morgan fingerprint density at radius 1 is 0.654 bits per heavy atom. The van der Waals surface area contributed by atoms with E-state index in [1.165, 1.54) is 122 Å². The minimum absolute atomic E-state index is 0.180. The first kappa shape index (κ1) is 44.4. The molecule has 0 aromatic rings. The van der Waals surface area contributed by atoms with Crippen LogP contribution in [-0.4, -0.2) is 70.9 Å². The largest absolute Gasteiger partial charge is 0.378 e. The van der Waals surface area contributed by atoms with Crippen LogP contribution in [-0.2, 0) is 14.2 Å². The standard InChI is InChI=1S/C45H88N4O3/c1-5-6-7-8-9-10-11-12-13-14-27-49-28-15-19-35(2)38-20-21-39-43-40(34-42(45(38,39)4)52-31-18-26-48)44(3)23-22-37(50-29-16-24-46)32-36(44)33-41(43)51-30-17-25-47/h35-43,49H,5-34,46-48H2,1-4H3/t35?,36-,37+,38+,39-,40-,41+,42-,43?,44?,45?/m0/s1. The molecule has 11 atom stereocenters. The van der Waals surface area contributed by atoms with E-state index < -0.39 is 0 Å². The van der Waals surface area contributed by atoms with Gasteiger partial charge in [0, 0.05) is 25.2 Å². The van der Waals surface area contributed by atoms with Crippen molar-refractivity contribution >= 4 is 0 Å². The van der Waals surface area contributed by atoms with E-state index in [0.717, 1.165) is 52.0 Å². The second-order valence-corrected chi connectivity index (χ2v) is 18.5. The number of rotatable bonds is 28. The average molecular weight is 733 g/mol. The summed E-state index contributed by atoms with van der Waals surface area (Å²) in [6.45, 7) is 17.0. The predicted octanol–water partition coefficient (Wildman–Crippen LogP) is 8.99. The van der Waals surface area contributed by atoms with Gasteiger partial charge in [0.05, 0.1) is 18.3 Å². The molecule has 0 spiro atoms. The number of fused-ring (bicyclic) bond motifs is 5. The maximum absolute atomic E-state index is 7.06. The third-order valence-electron chi connectivity index (χ3n) is 15.2. The lowest BCUT2D eigenvalue weighted by molar-refractivity contribution is -0.227. The van der Waals surface area contributed by atoms with Crippen molar-refractivity contribution in [1.29, 1.82) is 0 Å². The second kappa shape index (κ2) is 23.7. The molecule has 4 saturated carbocycles. The fraction of sp³-hybridized carbons (Fsp3) is 1.00. The lowest BCUT2D eigenvalue weighted by Gasteiger charge is -2.65. The SMILES string of the molecule is CCCCCCCCCCCCNCCCC(C)[C@H]1CC[C@H]2C3[C@H](OCCCN)C[C@@H]4C[C@H](OCCCN)CCC4(C)[C@H]3C[C@H](OCCCN)C12C. The van der Waals surface area contributed by atoms with Gasteiger partial charge in [0.25, 0.3) is 0 Å². The molecule has 7 N–H and O–H groups in total. The van der Waals surface area contributed by atoms with Crippen molar-refractivity contribution in [3.05, 3.63) is 0 Å². The molecule has 7 nitrogen and oxygen atoms in total. The highest BCUT2D eigenvalue weighted by molar-refractivity contribution is 5.15. The highest BCUT2D eigenvalue weighted by Crippen LogP contribution is 2.69. The van der Waals surface area contributed by atoms with E-state index in [9.17, 15) is 0 Å². The van der Waals surface area contributed by atoms with Crippen LogP contribution in [0.25, 0.3) is 0 Å². The monoisotopic (exact) mass is 733 g/mol. The second-order valence-electron chi connectivity index (χ2n) is 18.5. The number of unbranched alkanes of at least 4 members (excludes halogenated alkanes) is 9. The van der Waals surface area contributed by atoms with Crippen molar-refractivity contribution < 1.29 is 14.2 Å². The molecule has 4 aliphatic carbocycles. The van der Waals surface area contributed by atoms with Gasteiger partial charge in [0.1, 0.15) is 0 Å². The zero-order valence-electron chi connectivity index (χ0n) is 34.9. The van der Waals surface area contributed by atoms with Crippen molar-refractivity contribution in [1.82, 2.24) is 5.32 Å². The summed E-state index contributed by atoms with van der Waals surface area (Å²) in [4.78, 5) is 0. The van der Waals surface area contributed by atoms with Crippen molar-refractivity contribution in [2.45, 2.75) is 187 Å².